The number of carbonyl (C=O) groups is 1. The Morgan fingerprint density at radius 1 is 1.61 bits per heavy atom. The number of nitrogens with one attached hydrogen (secondary N) is 1. The number of rotatable bonds is 5. The fourth-order valence-corrected chi connectivity index (χ4v) is 3.18. The van der Waals surface area contributed by atoms with Gasteiger partial charge in [0.1, 0.15) is 5.82 Å². The molecule has 0 radical (unpaired) electrons. The SMILES string of the molecule is CCCc1cc(C(=O)O)cc(NC2CCSC2)n1. The lowest BCUT2D eigenvalue weighted by molar-refractivity contribution is 0.0696. The Morgan fingerprint density at radius 3 is 3.06 bits per heavy atom. The van der Waals surface area contributed by atoms with Gasteiger partial charge in [-0.2, -0.15) is 11.8 Å². The van der Waals surface area contributed by atoms with Crippen LogP contribution in [0.25, 0.3) is 0 Å². The minimum atomic E-state index is -0.890. The number of aromatic carboxylic acids is 1. The lowest BCUT2D eigenvalue weighted by atomic mass is 10.1. The highest BCUT2D eigenvalue weighted by atomic mass is 32.2. The van der Waals surface area contributed by atoms with E-state index >= 15 is 0 Å². The van der Waals surface area contributed by atoms with Crippen molar-refractivity contribution in [3.8, 4) is 0 Å². The number of aryl methyl sites for hydroxylation is 1. The summed E-state index contributed by atoms with van der Waals surface area (Å²) in [6, 6.07) is 3.71. The third-order valence-electron chi connectivity index (χ3n) is 2.91. The number of pyridine rings is 1. The fraction of sp³-hybridized carbons (Fsp3) is 0.538. The quantitative estimate of drug-likeness (QED) is 0.858. The van der Waals surface area contributed by atoms with Crippen LogP contribution in [-0.2, 0) is 6.42 Å². The van der Waals surface area contributed by atoms with Crippen molar-refractivity contribution in [2.45, 2.75) is 32.2 Å². The number of anilines is 1. The van der Waals surface area contributed by atoms with Gasteiger partial charge in [-0.25, -0.2) is 9.78 Å². The summed E-state index contributed by atoms with van der Waals surface area (Å²) in [6.07, 6.45) is 2.90. The molecule has 98 valence electrons. The van der Waals surface area contributed by atoms with Crippen LogP contribution in [0.1, 0.15) is 35.8 Å². The van der Waals surface area contributed by atoms with E-state index in [0.29, 0.717) is 17.4 Å². The Balaban J connectivity index is 2.18. The average molecular weight is 266 g/mol. The molecule has 18 heavy (non-hydrogen) atoms. The zero-order valence-electron chi connectivity index (χ0n) is 10.5. The van der Waals surface area contributed by atoms with E-state index in [-0.39, 0.29) is 0 Å². The summed E-state index contributed by atoms with van der Waals surface area (Å²) in [5, 5.41) is 12.4. The smallest absolute Gasteiger partial charge is 0.335 e. The van der Waals surface area contributed by atoms with Gasteiger partial charge in [-0.15, -0.1) is 0 Å². The molecule has 1 aliphatic heterocycles. The largest absolute Gasteiger partial charge is 0.478 e. The Labute approximate surface area is 111 Å². The van der Waals surface area contributed by atoms with E-state index in [2.05, 4.69) is 17.2 Å². The van der Waals surface area contributed by atoms with E-state index in [1.165, 1.54) is 0 Å². The van der Waals surface area contributed by atoms with Crippen molar-refractivity contribution < 1.29 is 9.90 Å². The lowest BCUT2D eigenvalue weighted by Gasteiger charge is -2.13. The van der Waals surface area contributed by atoms with Crippen LogP contribution in [0.2, 0.25) is 0 Å². The Morgan fingerprint density at radius 2 is 2.44 bits per heavy atom. The molecule has 2 rings (SSSR count). The summed E-state index contributed by atoms with van der Waals surface area (Å²) in [5.74, 6) is 2.05. The standard InChI is InChI=1S/C13H18N2O2S/c1-2-3-10-6-9(13(16)17)7-12(14-10)15-11-4-5-18-8-11/h6-7,11H,2-5,8H2,1H3,(H,14,15)(H,16,17). The van der Waals surface area contributed by atoms with E-state index in [1.807, 2.05) is 11.8 Å². The van der Waals surface area contributed by atoms with Crippen molar-refractivity contribution in [2.75, 3.05) is 16.8 Å². The normalized spacial score (nSPS) is 18.8. The third kappa shape index (κ3) is 3.38. The Kier molecular flexibility index (Phi) is 4.47. The Hall–Kier alpha value is -1.23. The summed E-state index contributed by atoms with van der Waals surface area (Å²) in [6.45, 7) is 2.07. The molecule has 5 heteroatoms. The number of nitrogens with zero attached hydrogens (tertiary/aromatic N) is 1. The van der Waals surface area contributed by atoms with E-state index in [0.717, 1.165) is 36.5 Å². The first-order chi connectivity index (χ1) is 8.69. The predicted molar refractivity (Wildman–Crippen MR) is 74.5 cm³/mol. The van der Waals surface area contributed by atoms with Gasteiger partial charge < -0.3 is 10.4 Å². The van der Waals surface area contributed by atoms with Gasteiger partial charge in [-0.05, 0) is 30.7 Å². The topological polar surface area (TPSA) is 62.2 Å². The predicted octanol–water partition coefficient (Wildman–Crippen LogP) is 2.65. The number of aromatic nitrogens is 1. The van der Waals surface area contributed by atoms with Gasteiger partial charge in [0.25, 0.3) is 0 Å². The molecule has 1 aromatic heterocycles. The van der Waals surface area contributed by atoms with Gasteiger partial charge in [0.15, 0.2) is 0 Å². The summed E-state index contributed by atoms with van der Waals surface area (Å²) in [7, 11) is 0. The zero-order valence-corrected chi connectivity index (χ0v) is 11.3. The van der Waals surface area contributed by atoms with E-state index in [9.17, 15) is 4.79 Å². The maximum absolute atomic E-state index is 11.1. The van der Waals surface area contributed by atoms with Crippen LogP contribution in [0.4, 0.5) is 5.82 Å². The molecule has 0 amide bonds. The zero-order chi connectivity index (χ0) is 13.0. The molecule has 0 spiro atoms. The summed E-state index contributed by atoms with van der Waals surface area (Å²) < 4.78 is 0. The number of hydrogen-bond acceptors (Lipinski definition) is 4. The van der Waals surface area contributed by atoms with Crippen molar-refractivity contribution in [1.82, 2.24) is 4.98 Å². The van der Waals surface area contributed by atoms with Gasteiger partial charge in [-0.1, -0.05) is 13.3 Å². The molecule has 0 aliphatic carbocycles. The third-order valence-corrected chi connectivity index (χ3v) is 4.08. The second kappa shape index (κ2) is 6.09. The van der Waals surface area contributed by atoms with Crippen molar-refractivity contribution in [1.29, 1.82) is 0 Å². The van der Waals surface area contributed by atoms with Crippen LogP contribution in [0.15, 0.2) is 12.1 Å². The molecular formula is C13H18N2O2S. The molecule has 0 bridgehead atoms. The highest BCUT2D eigenvalue weighted by molar-refractivity contribution is 7.99. The van der Waals surface area contributed by atoms with Gasteiger partial charge >= 0.3 is 5.97 Å². The molecule has 2 heterocycles. The highest BCUT2D eigenvalue weighted by Gasteiger charge is 2.16. The lowest BCUT2D eigenvalue weighted by Crippen LogP contribution is -2.19. The first-order valence-electron chi connectivity index (χ1n) is 6.27. The first kappa shape index (κ1) is 13.2. The average Bonchev–Trinajstić information content (AvgIpc) is 2.82. The number of carboxylic acids is 1. The molecule has 1 aliphatic rings. The van der Waals surface area contributed by atoms with E-state index in [1.54, 1.807) is 12.1 Å². The minimum Gasteiger partial charge on any atom is -0.478 e. The van der Waals surface area contributed by atoms with Crippen molar-refractivity contribution in [3.63, 3.8) is 0 Å². The maximum atomic E-state index is 11.1. The van der Waals surface area contributed by atoms with E-state index < -0.39 is 5.97 Å². The molecule has 0 aromatic carbocycles. The second-order valence-corrected chi connectivity index (χ2v) is 5.64. The molecule has 1 atom stereocenters. The van der Waals surface area contributed by atoms with Crippen molar-refractivity contribution in [2.24, 2.45) is 0 Å². The van der Waals surface area contributed by atoms with Crippen LogP contribution in [0.3, 0.4) is 0 Å². The van der Waals surface area contributed by atoms with Crippen molar-refractivity contribution >= 4 is 23.5 Å². The van der Waals surface area contributed by atoms with Crippen LogP contribution in [0, 0.1) is 0 Å². The minimum absolute atomic E-state index is 0.321. The molecule has 4 nitrogen and oxygen atoms in total. The summed E-state index contributed by atoms with van der Waals surface area (Å²) >= 11 is 1.92. The van der Waals surface area contributed by atoms with Gasteiger partial charge in [0, 0.05) is 17.5 Å². The van der Waals surface area contributed by atoms with E-state index in [4.69, 9.17) is 5.11 Å². The molecule has 0 saturated carbocycles. The number of thioether (sulfide) groups is 1. The first-order valence-corrected chi connectivity index (χ1v) is 7.43. The number of hydrogen-bond donors (Lipinski definition) is 2. The van der Waals surface area contributed by atoms with Gasteiger partial charge in [0.05, 0.1) is 5.56 Å². The van der Waals surface area contributed by atoms with Crippen LogP contribution in [-0.4, -0.2) is 33.6 Å². The van der Waals surface area contributed by atoms with Crippen molar-refractivity contribution in [3.05, 3.63) is 23.4 Å². The molecule has 1 saturated heterocycles. The van der Waals surface area contributed by atoms with Crippen LogP contribution in [0.5, 0.6) is 0 Å². The molecule has 2 N–H and O–H groups in total. The Bertz CT molecular complexity index is 431. The van der Waals surface area contributed by atoms with Gasteiger partial charge in [0.2, 0.25) is 0 Å². The number of carboxylic acid groups (broad SMARTS) is 1. The summed E-state index contributed by atoms with van der Waals surface area (Å²) in [4.78, 5) is 15.6. The molecular weight excluding hydrogens is 248 g/mol. The monoisotopic (exact) mass is 266 g/mol. The molecule has 1 fully saturated rings. The van der Waals surface area contributed by atoms with Crippen LogP contribution < -0.4 is 5.32 Å². The van der Waals surface area contributed by atoms with Crippen LogP contribution >= 0.6 is 11.8 Å². The summed E-state index contributed by atoms with van der Waals surface area (Å²) in [5.41, 5.74) is 1.17. The highest BCUT2D eigenvalue weighted by Crippen LogP contribution is 2.21. The maximum Gasteiger partial charge on any atom is 0.335 e. The second-order valence-electron chi connectivity index (χ2n) is 4.49. The molecule has 1 unspecified atom stereocenters. The fourth-order valence-electron chi connectivity index (χ4n) is 2.03. The van der Waals surface area contributed by atoms with Gasteiger partial charge in [-0.3, -0.25) is 0 Å². The molecule has 1 aromatic rings.